The highest BCUT2D eigenvalue weighted by Crippen LogP contribution is 2.42. The van der Waals surface area contributed by atoms with Gasteiger partial charge in [0.1, 0.15) is 5.82 Å². The molecule has 3 fully saturated rings. The second-order valence-electron chi connectivity index (χ2n) is 7.17. The first-order chi connectivity index (χ1) is 11.7. The quantitative estimate of drug-likeness (QED) is 0.872. The van der Waals surface area contributed by atoms with Gasteiger partial charge in [-0.15, -0.1) is 0 Å². The molecule has 1 aromatic heterocycles. The lowest BCUT2D eigenvalue weighted by atomic mass is 9.77. The summed E-state index contributed by atoms with van der Waals surface area (Å²) in [5.74, 6) is 1.45. The van der Waals surface area contributed by atoms with E-state index in [1.54, 1.807) is 6.20 Å². The van der Waals surface area contributed by atoms with E-state index < -0.39 is 0 Å². The molecule has 7 heteroatoms. The van der Waals surface area contributed by atoms with E-state index in [0.29, 0.717) is 11.9 Å². The molecule has 0 saturated carbocycles. The fraction of sp³-hybridized carbons (Fsp3) is 0.706. The van der Waals surface area contributed by atoms with E-state index in [2.05, 4.69) is 19.8 Å². The minimum atomic E-state index is -0.254. The van der Waals surface area contributed by atoms with E-state index >= 15 is 0 Å². The van der Waals surface area contributed by atoms with Crippen molar-refractivity contribution in [2.24, 2.45) is 5.41 Å². The molecule has 0 aromatic carbocycles. The molecule has 0 aliphatic carbocycles. The number of carbonyl (C=O) groups is 1. The van der Waals surface area contributed by atoms with Crippen LogP contribution in [0.25, 0.3) is 0 Å². The molecule has 0 bridgehead atoms. The SMILES string of the molecule is Nc1nccc(N2CC[C@@]3(CCCN(C4CCOCC4)C3=O)C2)n1. The van der Waals surface area contributed by atoms with Gasteiger partial charge in [-0.25, -0.2) is 4.98 Å². The maximum atomic E-state index is 13.3. The number of carbonyl (C=O) groups excluding carboxylic acids is 1. The van der Waals surface area contributed by atoms with Crippen molar-refractivity contribution in [2.75, 3.05) is 43.5 Å². The Morgan fingerprint density at radius 1 is 1.25 bits per heavy atom. The highest BCUT2D eigenvalue weighted by molar-refractivity contribution is 5.85. The van der Waals surface area contributed by atoms with Crippen LogP contribution < -0.4 is 10.6 Å². The van der Waals surface area contributed by atoms with Gasteiger partial charge in [0, 0.05) is 45.1 Å². The molecule has 1 amide bonds. The van der Waals surface area contributed by atoms with Crippen molar-refractivity contribution >= 4 is 17.7 Å². The van der Waals surface area contributed by atoms with Gasteiger partial charge in [0.15, 0.2) is 0 Å². The van der Waals surface area contributed by atoms with Crippen LogP contribution >= 0.6 is 0 Å². The number of nitrogens with zero attached hydrogens (tertiary/aromatic N) is 4. The van der Waals surface area contributed by atoms with Crippen LogP contribution in [0.1, 0.15) is 32.1 Å². The summed E-state index contributed by atoms with van der Waals surface area (Å²) in [5.41, 5.74) is 5.45. The third kappa shape index (κ3) is 2.70. The Bertz CT molecular complexity index is 619. The Kier molecular flexibility index (Phi) is 4.04. The third-order valence-corrected chi connectivity index (χ3v) is 5.74. The predicted molar refractivity (Wildman–Crippen MR) is 90.5 cm³/mol. The number of likely N-dealkylation sites (tertiary alicyclic amines) is 1. The maximum Gasteiger partial charge on any atom is 0.230 e. The van der Waals surface area contributed by atoms with Gasteiger partial charge < -0.3 is 20.3 Å². The lowest BCUT2D eigenvalue weighted by molar-refractivity contribution is -0.149. The Balaban J connectivity index is 1.51. The summed E-state index contributed by atoms with van der Waals surface area (Å²) in [6.07, 6.45) is 6.57. The molecule has 4 rings (SSSR count). The van der Waals surface area contributed by atoms with Gasteiger partial charge in [0.05, 0.1) is 5.41 Å². The minimum absolute atomic E-state index is 0.254. The van der Waals surface area contributed by atoms with E-state index in [-0.39, 0.29) is 11.4 Å². The van der Waals surface area contributed by atoms with Crippen LogP contribution in [0.15, 0.2) is 12.3 Å². The number of piperidine rings is 1. The van der Waals surface area contributed by atoms with E-state index in [1.165, 1.54) is 0 Å². The van der Waals surface area contributed by atoms with Crippen LogP contribution in [-0.4, -0.2) is 59.7 Å². The number of nitrogen functional groups attached to an aromatic ring is 1. The largest absolute Gasteiger partial charge is 0.381 e. The number of nitrogens with two attached hydrogens (primary N) is 1. The van der Waals surface area contributed by atoms with Crippen molar-refractivity contribution in [1.29, 1.82) is 0 Å². The fourth-order valence-corrected chi connectivity index (χ4v) is 4.43. The Morgan fingerprint density at radius 3 is 2.88 bits per heavy atom. The predicted octanol–water partition coefficient (Wildman–Crippen LogP) is 1.06. The van der Waals surface area contributed by atoms with Crippen molar-refractivity contribution in [3.8, 4) is 0 Å². The molecule has 2 N–H and O–H groups in total. The van der Waals surface area contributed by atoms with Crippen LogP contribution in [-0.2, 0) is 9.53 Å². The molecule has 3 aliphatic heterocycles. The zero-order valence-electron chi connectivity index (χ0n) is 14.0. The molecule has 130 valence electrons. The molecular weight excluding hydrogens is 306 g/mol. The third-order valence-electron chi connectivity index (χ3n) is 5.74. The molecule has 24 heavy (non-hydrogen) atoms. The number of hydrogen-bond acceptors (Lipinski definition) is 6. The highest BCUT2D eigenvalue weighted by Gasteiger charge is 2.49. The van der Waals surface area contributed by atoms with Gasteiger partial charge in [-0.05, 0) is 38.2 Å². The van der Waals surface area contributed by atoms with Crippen molar-refractivity contribution in [1.82, 2.24) is 14.9 Å². The van der Waals surface area contributed by atoms with Crippen LogP contribution in [0, 0.1) is 5.41 Å². The molecule has 1 aromatic rings. The fourth-order valence-electron chi connectivity index (χ4n) is 4.43. The highest BCUT2D eigenvalue weighted by atomic mass is 16.5. The van der Waals surface area contributed by atoms with Crippen molar-refractivity contribution in [2.45, 2.75) is 38.1 Å². The van der Waals surface area contributed by atoms with Crippen molar-refractivity contribution < 1.29 is 9.53 Å². The first-order valence-corrected chi connectivity index (χ1v) is 8.90. The van der Waals surface area contributed by atoms with Gasteiger partial charge in [0.2, 0.25) is 11.9 Å². The van der Waals surface area contributed by atoms with E-state index in [0.717, 1.165) is 70.8 Å². The summed E-state index contributed by atoms with van der Waals surface area (Å²) in [6.45, 7) is 4.03. The number of ether oxygens (including phenoxy) is 1. The summed E-state index contributed by atoms with van der Waals surface area (Å²) in [6, 6.07) is 2.23. The van der Waals surface area contributed by atoms with Crippen LogP contribution in [0.5, 0.6) is 0 Å². The zero-order valence-corrected chi connectivity index (χ0v) is 14.0. The molecule has 3 saturated heterocycles. The Hall–Kier alpha value is -1.89. The van der Waals surface area contributed by atoms with E-state index in [9.17, 15) is 4.79 Å². The lowest BCUT2D eigenvalue weighted by Crippen LogP contribution is -2.54. The Morgan fingerprint density at radius 2 is 2.08 bits per heavy atom. The van der Waals surface area contributed by atoms with Crippen molar-refractivity contribution in [3.05, 3.63) is 12.3 Å². The zero-order chi connectivity index (χ0) is 16.6. The smallest absolute Gasteiger partial charge is 0.230 e. The number of hydrogen-bond donors (Lipinski definition) is 1. The molecule has 1 atom stereocenters. The average molecular weight is 331 g/mol. The molecule has 4 heterocycles. The summed E-state index contributed by atoms with van der Waals surface area (Å²) in [5, 5.41) is 0. The molecule has 1 spiro atoms. The molecular formula is C17H25N5O2. The van der Waals surface area contributed by atoms with Gasteiger partial charge >= 0.3 is 0 Å². The number of anilines is 2. The number of rotatable bonds is 2. The summed E-state index contributed by atoms with van der Waals surface area (Å²) < 4.78 is 5.46. The van der Waals surface area contributed by atoms with E-state index in [1.807, 2.05) is 6.07 Å². The molecule has 0 unspecified atom stereocenters. The number of amides is 1. The Labute approximate surface area is 142 Å². The molecule has 3 aliphatic rings. The lowest BCUT2D eigenvalue weighted by Gasteiger charge is -2.44. The molecule has 0 radical (unpaired) electrons. The summed E-state index contributed by atoms with van der Waals surface area (Å²) >= 11 is 0. The van der Waals surface area contributed by atoms with Gasteiger partial charge in [-0.3, -0.25) is 4.79 Å². The summed E-state index contributed by atoms with van der Waals surface area (Å²) in [7, 11) is 0. The average Bonchev–Trinajstić information content (AvgIpc) is 3.03. The van der Waals surface area contributed by atoms with Gasteiger partial charge in [0.25, 0.3) is 0 Å². The van der Waals surface area contributed by atoms with Crippen LogP contribution in [0.2, 0.25) is 0 Å². The van der Waals surface area contributed by atoms with Crippen LogP contribution in [0.4, 0.5) is 11.8 Å². The topological polar surface area (TPSA) is 84.6 Å². The minimum Gasteiger partial charge on any atom is -0.381 e. The van der Waals surface area contributed by atoms with E-state index in [4.69, 9.17) is 10.5 Å². The second kappa shape index (κ2) is 6.20. The normalized spacial score (nSPS) is 28.8. The molecule has 7 nitrogen and oxygen atoms in total. The number of aromatic nitrogens is 2. The summed E-state index contributed by atoms with van der Waals surface area (Å²) in [4.78, 5) is 25.9. The standard InChI is InChI=1S/C17H25N5O2/c18-16-19-7-2-14(20-16)21-9-6-17(12-21)5-1-8-22(15(17)23)13-3-10-24-11-4-13/h2,7,13H,1,3-6,8-12H2,(H2,18,19,20)/t17-/m0/s1. The van der Waals surface area contributed by atoms with Crippen molar-refractivity contribution in [3.63, 3.8) is 0 Å². The van der Waals surface area contributed by atoms with Gasteiger partial charge in [-0.1, -0.05) is 0 Å². The first kappa shape index (κ1) is 15.6. The maximum absolute atomic E-state index is 13.3. The second-order valence-corrected chi connectivity index (χ2v) is 7.17. The van der Waals surface area contributed by atoms with Crippen LogP contribution in [0.3, 0.4) is 0 Å². The monoisotopic (exact) mass is 331 g/mol. The first-order valence-electron chi connectivity index (χ1n) is 8.90. The van der Waals surface area contributed by atoms with Gasteiger partial charge in [-0.2, -0.15) is 4.98 Å².